The number of carbonyl (C=O) groups is 1. The number of hydrogen-bond acceptors (Lipinski definition) is 2. The first-order chi connectivity index (χ1) is 7.79. The van der Waals surface area contributed by atoms with Gasteiger partial charge < -0.3 is 10.0 Å². The minimum Gasteiger partial charge on any atom is -0.508 e. The van der Waals surface area contributed by atoms with Gasteiger partial charge in [-0.15, -0.1) is 11.6 Å². The van der Waals surface area contributed by atoms with Crippen molar-refractivity contribution in [2.45, 2.75) is 19.4 Å². The number of phenolic OH excluding ortho intramolecular Hbond substituents is 1. The van der Waals surface area contributed by atoms with E-state index in [-0.39, 0.29) is 17.2 Å². The van der Waals surface area contributed by atoms with Crippen molar-refractivity contribution in [3.63, 3.8) is 0 Å². The number of aromatic hydroxyl groups is 1. The molecule has 1 aromatic carbocycles. The fraction of sp³-hybridized carbons (Fsp3) is 0.417. The van der Waals surface area contributed by atoms with Gasteiger partial charge in [0, 0.05) is 19.0 Å². The lowest BCUT2D eigenvalue weighted by Gasteiger charge is -2.34. The lowest BCUT2D eigenvalue weighted by Crippen LogP contribution is -2.46. The molecule has 0 unspecified atom stereocenters. The van der Waals surface area contributed by atoms with Gasteiger partial charge in [0.15, 0.2) is 0 Å². The molecule has 0 aliphatic carbocycles. The fourth-order valence-electron chi connectivity index (χ4n) is 1.22. The van der Waals surface area contributed by atoms with Gasteiger partial charge in [-0.1, -0.05) is 0 Å². The van der Waals surface area contributed by atoms with E-state index < -0.39 is 17.3 Å². The van der Waals surface area contributed by atoms with Gasteiger partial charge >= 0.3 is 0 Å². The van der Waals surface area contributed by atoms with E-state index in [1.807, 2.05) is 0 Å². The predicted octanol–water partition coefficient (Wildman–Crippen LogP) is 2.62. The van der Waals surface area contributed by atoms with Crippen LogP contribution in [0.4, 0.5) is 4.39 Å². The van der Waals surface area contributed by atoms with Crippen molar-refractivity contribution in [1.29, 1.82) is 0 Å². The van der Waals surface area contributed by atoms with Crippen molar-refractivity contribution >= 4 is 17.5 Å². The van der Waals surface area contributed by atoms with Crippen molar-refractivity contribution < 1.29 is 14.3 Å². The quantitative estimate of drug-likeness (QED) is 0.848. The first-order valence-electron chi connectivity index (χ1n) is 5.12. The molecule has 1 N–H and O–H groups in total. The van der Waals surface area contributed by atoms with Crippen LogP contribution >= 0.6 is 11.6 Å². The molecule has 5 heteroatoms. The molecule has 1 amide bonds. The molecule has 0 aliphatic rings. The van der Waals surface area contributed by atoms with Crippen LogP contribution in [0.15, 0.2) is 18.2 Å². The van der Waals surface area contributed by atoms with Gasteiger partial charge in [-0.3, -0.25) is 4.79 Å². The molecular weight excluding hydrogens is 245 g/mol. The number of hydrogen-bond donors (Lipinski definition) is 1. The Bertz CT molecular complexity index is 435. The molecule has 0 aromatic heterocycles. The second-order valence-electron chi connectivity index (χ2n) is 4.47. The number of rotatable bonds is 3. The minimum absolute atomic E-state index is 0.0801. The predicted molar refractivity (Wildman–Crippen MR) is 65.0 cm³/mol. The smallest absolute Gasteiger partial charge is 0.257 e. The molecule has 0 spiro atoms. The lowest BCUT2D eigenvalue weighted by molar-refractivity contribution is 0.0655. The van der Waals surface area contributed by atoms with Gasteiger partial charge in [0.2, 0.25) is 0 Å². The summed E-state index contributed by atoms with van der Waals surface area (Å²) in [5.41, 5.74) is -0.647. The molecule has 1 rings (SSSR count). The maximum atomic E-state index is 13.5. The summed E-state index contributed by atoms with van der Waals surface area (Å²) < 4.78 is 13.5. The summed E-state index contributed by atoms with van der Waals surface area (Å²) in [6, 6.07) is 3.44. The van der Waals surface area contributed by atoms with E-state index in [4.69, 9.17) is 16.7 Å². The van der Waals surface area contributed by atoms with Gasteiger partial charge in [0.1, 0.15) is 11.6 Å². The molecule has 0 fully saturated rings. The third kappa shape index (κ3) is 2.88. The highest BCUT2D eigenvalue weighted by molar-refractivity contribution is 6.18. The SMILES string of the molecule is CN(C(=O)c1ccc(O)cc1F)C(C)(C)CCl. The minimum atomic E-state index is -0.743. The molecule has 0 aliphatic heterocycles. The molecule has 17 heavy (non-hydrogen) atoms. The summed E-state index contributed by atoms with van der Waals surface area (Å²) in [5, 5.41) is 9.08. The van der Waals surface area contributed by atoms with Gasteiger partial charge in [-0.25, -0.2) is 4.39 Å². The lowest BCUT2D eigenvalue weighted by atomic mass is 10.0. The Morgan fingerprint density at radius 1 is 1.53 bits per heavy atom. The van der Waals surface area contributed by atoms with Crippen molar-refractivity contribution in [1.82, 2.24) is 4.90 Å². The van der Waals surface area contributed by atoms with Crippen LogP contribution in [0.1, 0.15) is 24.2 Å². The van der Waals surface area contributed by atoms with E-state index in [9.17, 15) is 9.18 Å². The van der Waals surface area contributed by atoms with Crippen LogP contribution in [0.2, 0.25) is 0 Å². The summed E-state index contributed by atoms with van der Waals surface area (Å²) in [6.07, 6.45) is 0. The van der Waals surface area contributed by atoms with Crippen molar-refractivity contribution in [2.75, 3.05) is 12.9 Å². The standard InChI is InChI=1S/C12H15ClFNO2/c1-12(2,7-13)15(3)11(17)9-5-4-8(16)6-10(9)14/h4-6,16H,7H2,1-3H3. The molecule has 0 saturated heterocycles. The highest BCUT2D eigenvalue weighted by Gasteiger charge is 2.28. The normalized spacial score (nSPS) is 11.4. The summed E-state index contributed by atoms with van der Waals surface area (Å²) in [5.74, 6) is -1.17. The van der Waals surface area contributed by atoms with E-state index >= 15 is 0 Å². The maximum absolute atomic E-state index is 13.5. The molecule has 0 bridgehead atoms. The van der Waals surface area contributed by atoms with Crippen LogP contribution in [0, 0.1) is 5.82 Å². The second-order valence-corrected chi connectivity index (χ2v) is 4.74. The molecule has 0 radical (unpaired) electrons. The molecule has 1 aromatic rings. The number of phenols is 1. The summed E-state index contributed by atoms with van der Waals surface area (Å²) in [4.78, 5) is 13.4. The molecule has 3 nitrogen and oxygen atoms in total. The average molecular weight is 260 g/mol. The Balaban J connectivity index is 3.05. The number of nitrogens with zero attached hydrogens (tertiary/aromatic N) is 1. The number of halogens is 2. The zero-order valence-electron chi connectivity index (χ0n) is 10.00. The largest absolute Gasteiger partial charge is 0.508 e. The Morgan fingerprint density at radius 2 is 2.12 bits per heavy atom. The van der Waals surface area contributed by atoms with Gasteiger partial charge in [0.25, 0.3) is 5.91 Å². The van der Waals surface area contributed by atoms with Gasteiger partial charge in [-0.05, 0) is 26.0 Å². The fourth-order valence-corrected chi connectivity index (χ4v) is 1.40. The summed E-state index contributed by atoms with van der Waals surface area (Å²) in [6.45, 7) is 3.58. The molecule has 0 saturated carbocycles. The van der Waals surface area contributed by atoms with E-state index in [0.717, 1.165) is 6.07 Å². The van der Waals surface area contributed by atoms with Gasteiger partial charge in [0.05, 0.1) is 11.1 Å². The zero-order valence-corrected chi connectivity index (χ0v) is 10.8. The number of amides is 1. The monoisotopic (exact) mass is 259 g/mol. The van der Waals surface area contributed by atoms with Crippen LogP contribution in [0.3, 0.4) is 0 Å². The Labute approximate surface area is 105 Å². The Kier molecular flexibility index (Phi) is 3.98. The number of alkyl halides is 1. The highest BCUT2D eigenvalue weighted by atomic mass is 35.5. The van der Waals surface area contributed by atoms with Crippen LogP contribution in [-0.2, 0) is 0 Å². The van der Waals surface area contributed by atoms with E-state index in [0.29, 0.717) is 0 Å². The average Bonchev–Trinajstić information content (AvgIpc) is 2.27. The first-order valence-corrected chi connectivity index (χ1v) is 5.65. The van der Waals surface area contributed by atoms with Crippen LogP contribution in [0.25, 0.3) is 0 Å². The van der Waals surface area contributed by atoms with Crippen LogP contribution in [-0.4, -0.2) is 34.4 Å². The Morgan fingerprint density at radius 3 is 2.59 bits per heavy atom. The van der Waals surface area contributed by atoms with Crippen molar-refractivity contribution in [3.05, 3.63) is 29.6 Å². The Hall–Kier alpha value is -1.29. The third-order valence-corrected chi connectivity index (χ3v) is 3.38. The summed E-state index contributed by atoms with van der Waals surface area (Å²) in [7, 11) is 1.57. The van der Waals surface area contributed by atoms with Crippen molar-refractivity contribution in [2.24, 2.45) is 0 Å². The maximum Gasteiger partial charge on any atom is 0.257 e. The second kappa shape index (κ2) is 4.92. The molecular formula is C12H15ClFNO2. The topological polar surface area (TPSA) is 40.5 Å². The third-order valence-electron chi connectivity index (χ3n) is 2.72. The highest BCUT2D eigenvalue weighted by Crippen LogP contribution is 2.21. The van der Waals surface area contributed by atoms with E-state index in [2.05, 4.69) is 0 Å². The number of benzene rings is 1. The zero-order chi connectivity index (χ0) is 13.2. The van der Waals surface area contributed by atoms with Crippen LogP contribution < -0.4 is 0 Å². The number of carbonyl (C=O) groups excluding carboxylic acids is 1. The van der Waals surface area contributed by atoms with Crippen molar-refractivity contribution in [3.8, 4) is 5.75 Å². The summed E-state index contributed by atoms with van der Waals surface area (Å²) >= 11 is 5.76. The molecule has 0 atom stereocenters. The van der Waals surface area contributed by atoms with Gasteiger partial charge in [-0.2, -0.15) is 0 Å². The first kappa shape index (κ1) is 13.8. The van der Waals surface area contributed by atoms with Crippen LogP contribution in [0.5, 0.6) is 5.75 Å². The van der Waals surface area contributed by atoms with E-state index in [1.165, 1.54) is 17.0 Å². The van der Waals surface area contributed by atoms with E-state index in [1.54, 1.807) is 20.9 Å². The molecule has 0 heterocycles. The molecule has 94 valence electrons.